The maximum absolute atomic E-state index is 12.4. The molecule has 24 heavy (non-hydrogen) atoms. The van der Waals surface area contributed by atoms with Gasteiger partial charge in [-0.2, -0.15) is 0 Å². The summed E-state index contributed by atoms with van der Waals surface area (Å²) in [6.07, 6.45) is 7.51. The molecule has 126 valence electrons. The van der Waals surface area contributed by atoms with E-state index in [0.717, 1.165) is 30.9 Å². The first-order valence-electron chi connectivity index (χ1n) is 8.03. The number of hydrogen-bond acceptors (Lipinski definition) is 6. The van der Waals surface area contributed by atoms with Crippen LogP contribution in [-0.4, -0.2) is 65.7 Å². The molecular formula is C17H21N5O2. The molecule has 1 saturated heterocycles. The van der Waals surface area contributed by atoms with Crippen molar-refractivity contribution in [1.82, 2.24) is 19.9 Å². The maximum Gasteiger partial charge on any atom is 0.273 e. The lowest BCUT2D eigenvalue weighted by Crippen LogP contribution is -2.37. The van der Waals surface area contributed by atoms with Crippen molar-refractivity contribution in [3.05, 3.63) is 48.2 Å². The van der Waals surface area contributed by atoms with Gasteiger partial charge in [0.1, 0.15) is 11.5 Å². The SMILES string of the molecule is CN(CCc1ccncc1)C(=O)c1cnc(N2CCOCC2)cn1. The van der Waals surface area contributed by atoms with Crippen molar-refractivity contribution in [3.63, 3.8) is 0 Å². The number of anilines is 1. The number of morpholine rings is 1. The highest BCUT2D eigenvalue weighted by molar-refractivity contribution is 5.91. The number of hydrogen-bond donors (Lipinski definition) is 0. The molecule has 0 unspecified atom stereocenters. The van der Waals surface area contributed by atoms with E-state index in [1.807, 2.05) is 12.1 Å². The third-order valence-corrected chi connectivity index (χ3v) is 4.02. The number of likely N-dealkylation sites (N-methyl/N-ethyl adjacent to an activating group) is 1. The number of pyridine rings is 1. The monoisotopic (exact) mass is 327 g/mol. The van der Waals surface area contributed by atoms with Crippen LogP contribution in [-0.2, 0) is 11.2 Å². The lowest BCUT2D eigenvalue weighted by Gasteiger charge is -2.27. The zero-order valence-electron chi connectivity index (χ0n) is 13.8. The third kappa shape index (κ3) is 4.05. The zero-order chi connectivity index (χ0) is 16.8. The van der Waals surface area contributed by atoms with Crippen molar-refractivity contribution < 1.29 is 9.53 Å². The quantitative estimate of drug-likeness (QED) is 0.817. The maximum atomic E-state index is 12.4. The summed E-state index contributed by atoms with van der Waals surface area (Å²) < 4.78 is 5.32. The Bertz CT molecular complexity index is 656. The van der Waals surface area contributed by atoms with Crippen molar-refractivity contribution in [2.24, 2.45) is 0 Å². The Morgan fingerprint density at radius 1 is 1.21 bits per heavy atom. The minimum Gasteiger partial charge on any atom is -0.378 e. The first-order valence-corrected chi connectivity index (χ1v) is 8.03. The second kappa shape index (κ2) is 7.83. The average Bonchev–Trinajstić information content (AvgIpc) is 2.67. The van der Waals surface area contributed by atoms with Crippen LogP contribution >= 0.6 is 0 Å². The second-order valence-electron chi connectivity index (χ2n) is 5.69. The van der Waals surface area contributed by atoms with Gasteiger partial charge in [0.15, 0.2) is 0 Å². The van der Waals surface area contributed by atoms with Crippen LogP contribution in [0.1, 0.15) is 16.1 Å². The Hall–Kier alpha value is -2.54. The van der Waals surface area contributed by atoms with Gasteiger partial charge in [0, 0.05) is 39.1 Å². The molecule has 0 aromatic carbocycles. The van der Waals surface area contributed by atoms with Gasteiger partial charge in [0.2, 0.25) is 0 Å². The van der Waals surface area contributed by atoms with Gasteiger partial charge in [0.25, 0.3) is 5.91 Å². The Labute approximate surface area is 141 Å². The highest BCUT2D eigenvalue weighted by Gasteiger charge is 2.16. The molecule has 1 amide bonds. The van der Waals surface area contributed by atoms with E-state index in [1.165, 1.54) is 0 Å². The standard InChI is InChI=1S/C17H21N5O2/c1-21(7-4-14-2-5-18-6-3-14)17(23)15-12-20-16(13-19-15)22-8-10-24-11-9-22/h2-3,5-6,12-13H,4,7-11H2,1H3. The average molecular weight is 327 g/mol. The van der Waals surface area contributed by atoms with Crippen LogP contribution in [0.15, 0.2) is 36.9 Å². The topological polar surface area (TPSA) is 71.5 Å². The number of carbonyl (C=O) groups is 1. The smallest absolute Gasteiger partial charge is 0.273 e. The molecule has 0 saturated carbocycles. The van der Waals surface area contributed by atoms with E-state index in [-0.39, 0.29) is 5.91 Å². The molecule has 3 rings (SSSR count). The fourth-order valence-electron chi connectivity index (χ4n) is 2.53. The lowest BCUT2D eigenvalue weighted by molar-refractivity contribution is 0.0790. The van der Waals surface area contributed by atoms with E-state index in [0.29, 0.717) is 25.5 Å². The molecule has 2 aromatic rings. The number of rotatable bonds is 5. The molecule has 0 spiro atoms. The van der Waals surface area contributed by atoms with E-state index in [1.54, 1.807) is 36.7 Å². The molecule has 1 aliphatic rings. The van der Waals surface area contributed by atoms with Gasteiger partial charge in [-0.05, 0) is 24.1 Å². The van der Waals surface area contributed by atoms with E-state index in [4.69, 9.17) is 4.74 Å². The van der Waals surface area contributed by atoms with Crippen molar-refractivity contribution in [1.29, 1.82) is 0 Å². The molecule has 1 fully saturated rings. The molecule has 0 radical (unpaired) electrons. The minimum absolute atomic E-state index is 0.120. The van der Waals surface area contributed by atoms with Gasteiger partial charge < -0.3 is 14.5 Å². The largest absolute Gasteiger partial charge is 0.378 e. The summed E-state index contributed by atoms with van der Waals surface area (Å²) in [5, 5.41) is 0. The van der Waals surface area contributed by atoms with Crippen LogP contribution in [0.2, 0.25) is 0 Å². The molecule has 2 aromatic heterocycles. The summed E-state index contributed by atoms with van der Waals surface area (Å²) >= 11 is 0. The van der Waals surface area contributed by atoms with Crippen molar-refractivity contribution >= 4 is 11.7 Å². The summed E-state index contributed by atoms with van der Waals surface area (Å²) in [6, 6.07) is 3.91. The fraction of sp³-hybridized carbons (Fsp3) is 0.412. The van der Waals surface area contributed by atoms with Gasteiger partial charge in [-0.15, -0.1) is 0 Å². The highest BCUT2D eigenvalue weighted by Crippen LogP contribution is 2.11. The van der Waals surface area contributed by atoms with Gasteiger partial charge in [-0.1, -0.05) is 0 Å². The summed E-state index contributed by atoms with van der Waals surface area (Å²) in [5.41, 5.74) is 1.52. The summed E-state index contributed by atoms with van der Waals surface area (Å²) in [4.78, 5) is 28.9. The van der Waals surface area contributed by atoms with Crippen LogP contribution in [0.5, 0.6) is 0 Å². The molecular weight excluding hydrogens is 306 g/mol. The first-order chi connectivity index (χ1) is 11.7. The minimum atomic E-state index is -0.120. The van der Waals surface area contributed by atoms with Gasteiger partial charge >= 0.3 is 0 Å². The van der Waals surface area contributed by atoms with Crippen molar-refractivity contribution in [2.75, 3.05) is 44.8 Å². The lowest BCUT2D eigenvalue weighted by atomic mass is 10.2. The van der Waals surface area contributed by atoms with Gasteiger partial charge in [0.05, 0.1) is 25.6 Å². The molecule has 0 bridgehead atoms. The molecule has 1 aliphatic heterocycles. The van der Waals surface area contributed by atoms with E-state index in [9.17, 15) is 4.79 Å². The molecule has 7 heteroatoms. The normalized spacial score (nSPS) is 14.5. The Kier molecular flexibility index (Phi) is 5.32. The summed E-state index contributed by atoms with van der Waals surface area (Å²) in [7, 11) is 1.78. The summed E-state index contributed by atoms with van der Waals surface area (Å²) in [6.45, 7) is 3.61. The molecule has 7 nitrogen and oxygen atoms in total. The van der Waals surface area contributed by atoms with Crippen LogP contribution in [0.25, 0.3) is 0 Å². The number of carbonyl (C=O) groups excluding carboxylic acids is 1. The van der Waals surface area contributed by atoms with Crippen LogP contribution < -0.4 is 4.90 Å². The van der Waals surface area contributed by atoms with Crippen LogP contribution in [0, 0.1) is 0 Å². The predicted molar refractivity (Wildman–Crippen MR) is 90.0 cm³/mol. The van der Waals surface area contributed by atoms with Crippen LogP contribution in [0.3, 0.4) is 0 Å². The number of ether oxygens (including phenoxy) is 1. The fourth-order valence-corrected chi connectivity index (χ4v) is 2.53. The van der Waals surface area contributed by atoms with Crippen molar-refractivity contribution in [3.8, 4) is 0 Å². The van der Waals surface area contributed by atoms with E-state index >= 15 is 0 Å². The van der Waals surface area contributed by atoms with Gasteiger partial charge in [-0.3, -0.25) is 9.78 Å². The Morgan fingerprint density at radius 3 is 2.62 bits per heavy atom. The Morgan fingerprint density at radius 2 is 1.96 bits per heavy atom. The molecule has 0 N–H and O–H groups in total. The highest BCUT2D eigenvalue weighted by atomic mass is 16.5. The number of aromatic nitrogens is 3. The summed E-state index contributed by atoms with van der Waals surface area (Å²) in [5.74, 6) is 0.666. The third-order valence-electron chi connectivity index (χ3n) is 4.02. The predicted octanol–water partition coefficient (Wildman–Crippen LogP) is 1.02. The first kappa shape index (κ1) is 16.3. The number of amides is 1. The van der Waals surface area contributed by atoms with Crippen molar-refractivity contribution in [2.45, 2.75) is 6.42 Å². The second-order valence-corrected chi connectivity index (χ2v) is 5.69. The van der Waals surface area contributed by atoms with Crippen LogP contribution in [0.4, 0.5) is 5.82 Å². The molecule has 0 aliphatic carbocycles. The van der Waals surface area contributed by atoms with E-state index in [2.05, 4.69) is 19.9 Å². The Balaban J connectivity index is 1.57. The number of nitrogens with zero attached hydrogens (tertiary/aromatic N) is 5. The molecule has 0 atom stereocenters. The van der Waals surface area contributed by atoms with E-state index < -0.39 is 0 Å². The zero-order valence-corrected chi connectivity index (χ0v) is 13.8. The molecule has 3 heterocycles. The van der Waals surface area contributed by atoms with Gasteiger partial charge in [-0.25, -0.2) is 9.97 Å².